The van der Waals surface area contributed by atoms with Gasteiger partial charge >= 0.3 is 0 Å². The van der Waals surface area contributed by atoms with Gasteiger partial charge in [0.1, 0.15) is 0 Å². The van der Waals surface area contributed by atoms with Crippen molar-refractivity contribution < 1.29 is 9.59 Å². The Bertz CT molecular complexity index is 843. The van der Waals surface area contributed by atoms with Crippen molar-refractivity contribution in [3.63, 3.8) is 0 Å². The van der Waals surface area contributed by atoms with Gasteiger partial charge in [0.2, 0.25) is 0 Å². The summed E-state index contributed by atoms with van der Waals surface area (Å²) >= 11 is 0. The molecule has 0 spiro atoms. The molecule has 5 heteroatoms. The molecule has 1 aliphatic rings. The Hall–Kier alpha value is -2.50. The second kappa shape index (κ2) is 8.89. The first-order valence-corrected chi connectivity index (χ1v) is 10.2. The lowest BCUT2D eigenvalue weighted by atomic mass is 9.86. The van der Waals surface area contributed by atoms with Gasteiger partial charge in [0.05, 0.1) is 0 Å². The highest BCUT2D eigenvalue weighted by molar-refractivity contribution is 6.46. The summed E-state index contributed by atoms with van der Waals surface area (Å²) in [5.41, 5.74) is 3.39. The number of benzene rings is 2. The van der Waals surface area contributed by atoms with E-state index in [1.54, 1.807) is 12.1 Å². The lowest BCUT2D eigenvalue weighted by Crippen LogP contribution is -2.43. The first kappa shape index (κ1) is 21.2. The average Bonchev–Trinajstić information content (AvgIpc) is 2.70. The first-order chi connectivity index (χ1) is 13.7. The van der Waals surface area contributed by atoms with E-state index in [2.05, 4.69) is 42.9 Å². The van der Waals surface area contributed by atoms with Gasteiger partial charge in [0.15, 0.2) is 0 Å². The zero-order valence-corrected chi connectivity index (χ0v) is 17.9. The number of hydrogen-bond donors (Lipinski definition) is 1. The zero-order valence-electron chi connectivity index (χ0n) is 17.9. The SMILES string of the molecule is CN1CCN(Cc2ccc(NC(=O)C(=O)c3ccc(C(C)(C)C)cc3)cc2)CC1. The predicted octanol–water partition coefficient (Wildman–Crippen LogP) is 3.55. The van der Waals surface area contributed by atoms with E-state index >= 15 is 0 Å². The third-order valence-corrected chi connectivity index (χ3v) is 5.43. The summed E-state index contributed by atoms with van der Waals surface area (Å²) in [7, 11) is 2.15. The van der Waals surface area contributed by atoms with Crippen LogP contribution in [0.5, 0.6) is 0 Å². The molecule has 5 nitrogen and oxygen atoms in total. The molecule has 0 aromatic heterocycles. The maximum Gasteiger partial charge on any atom is 0.296 e. The minimum Gasteiger partial charge on any atom is -0.319 e. The fourth-order valence-corrected chi connectivity index (χ4v) is 3.40. The highest BCUT2D eigenvalue weighted by atomic mass is 16.2. The van der Waals surface area contributed by atoms with Crippen molar-refractivity contribution in [1.82, 2.24) is 9.80 Å². The van der Waals surface area contributed by atoms with Crippen LogP contribution in [0.25, 0.3) is 0 Å². The number of amides is 1. The molecule has 1 fully saturated rings. The molecule has 0 saturated carbocycles. The van der Waals surface area contributed by atoms with E-state index in [0.29, 0.717) is 11.3 Å². The van der Waals surface area contributed by atoms with Crippen LogP contribution in [0.15, 0.2) is 48.5 Å². The van der Waals surface area contributed by atoms with Crippen LogP contribution in [0.3, 0.4) is 0 Å². The van der Waals surface area contributed by atoms with E-state index in [1.165, 1.54) is 5.56 Å². The Morgan fingerprint density at radius 1 is 0.897 bits per heavy atom. The third-order valence-electron chi connectivity index (χ3n) is 5.43. The van der Waals surface area contributed by atoms with Gasteiger partial charge in [0.25, 0.3) is 11.7 Å². The molecule has 0 aliphatic carbocycles. The Morgan fingerprint density at radius 3 is 2.03 bits per heavy atom. The summed E-state index contributed by atoms with van der Waals surface area (Å²) in [4.78, 5) is 29.6. The van der Waals surface area contributed by atoms with Crippen LogP contribution in [-0.2, 0) is 16.8 Å². The number of piperazine rings is 1. The molecule has 154 valence electrons. The minimum atomic E-state index is -0.611. The van der Waals surface area contributed by atoms with Gasteiger partial charge in [-0.15, -0.1) is 0 Å². The van der Waals surface area contributed by atoms with Crippen molar-refractivity contribution in [2.75, 3.05) is 38.5 Å². The summed E-state index contributed by atoms with van der Waals surface area (Å²) in [6, 6.07) is 15.0. The number of Topliss-reactive ketones (excluding diaryl/α,β-unsaturated/α-hetero) is 1. The summed E-state index contributed by atoms with van der Waals surface area (Å²) < 4.78 is 0. The lowest BCUT2D eigenvalue weighted by molar-refractivity contribution is -0.112. The van der Waals surface area contributed by atoms with Crippen LogP contribution in [0.1, 0.15) is 42.3 Å². The fraction of sp³-hybridized carbons (Fsp3) is 0.417. The Labute approximate surface area is 173 Å². The molecule has 1 N–H and O–H groups in total. The molecule has 1 heterocycles. The smallest absolute Gasteiger partial charge is 0.296 e. The van der Waals surface area contributed by atoms with Crippen LogP contribution < -0.4 is 5.32 Å². The van der Waals surface area contributed by atoms with Gasteiger partial charge in [-0.05, 0) is 35.7 Å². The molecule has 1 amide bonds. The van der Waals surface area contributed by atoms with Crippen LogP contribution in [0, 0.1) is 0 Å². The van der Waals surface area contributed by atoms with Crippen LogP contribution in [-0.4, -0.2) is 54.7 Å². The average molecular weight is 394 g/mol. The topological polar surface area (TPSA) is 52.6 Å². The number of anilines is 1. The largest absolute Gasteiger partial charge is 0.319 e. The molecule has 2 aromatic carbocycles. The normalized spacial score (nSPS) is 15.9. The zero-order chi connectivity index (χ0) is 21.0. The third kappa shape index (κ3) is 5.75. The second-order valence-electron chi connectivity index (χ2n) is 8.89. The number of carbonyl (C=O) groups is 2. The predicted molar refractivity (Wildman–Crippen MR) is 117 cm³/mol. The Balaban J connectivity index is 1.56. The highest BCUT2D eigenvalue weighted by Gasteiger charge is 2.19. The van der Waals surface area contributed by atoms with E-state index in [1.807, 2.05) is 36.4 Å². The van der Waals surface area contributed by atoms with Crippen molar-refractivity contribution >= 4 is 17.4 Å². The standard InChI is InChI=1S/C24H31N3O2/c1-24(2,3)20-9-7-19(8-10-20)22(28)23(29)25-21-11-5-18(6-12-21)17-27-15-13-26(4)14-16-27/h5-12H,13-17H2,1-4H3,(H,25,29). The molecular weight excluding hydrogens is 362 g/mol. The van der Waals surface area contributed by atoms with E-state index < -0.39 is 11.7 Å². The van der Waals surface area contributed by atoms with Gasteiger partial charge < -0.3 is 10.2 Å². The molecule has 0 bridgehead atoms. The molecule has 3 rings (SSSR count). The van der Waals surface area contributed by atoms with E-state index in [9.17, 15) is 9.59 Å². The molecular formula is C24H31N3O2. The maximum atomic E-state index is 12.4. The molecule has 2 aromatic rings. The highest BCUT2D eigenvalue weighted by Crippen LogP contribution is 2.22. The Kier molecular flexibility index (Phi) is 6.50. The van der Waals surface area contributed by atoms with E-state index in [-0.39, 0.29) is 5.41 Å². The van der Waals surface area contributed by atoms with Crippen molar-refractivity contribution in [3.8, 4) is 0 Å². The molecule has 0 unspecified atom stereocenters. The number of nitrogens with one attached hydrogen (secondary N) is 1. The minimum absolute atomic E-state index is 0.00963. The molecule has 1 saturated heterocycles. The molecule has 29 heavy (non-hydrogen) atoms. The van der Waals surface area contributed by atoms with Crippen molar-refractivity contribution in [2.45, 2.75) is 32.7 Å². The number of rotatable bonds is 5. The van der Waals surface area contributed by atoms with Crippen LogP contribution >= 0.6 is 0 Å². The summed E-state index contributed by atoms with van der Waals surface area (Å²) in [5.74, 6) is -1.13. The quantitative estimate of drug-likeness (QED) is 0.623. The number of hydrogen-bond acceptors (Lipinski definition) is 4. The number of nitrogens with zero attached hydrogens (tertiary/aromatic N) is 2. The lowest BCUT2D eigenvalue weighted by Gasteiger charge is -2.32. The monoisotopic (exact) mass is 393 g/mol. The van der Waals surface area contributed by atoms with Gasteiger partial charge in [-0.3, -0.25) is 14.5 Å². The number of carbonyl (C=O) groups excluding carboxylic acids is 2. The second-order valence-corrected chi connectivity index (χ2v) is 8.89. The van der Waals surface area contributed by atoms with Crippen LogP contribution in [0.4, 0.5) is 5.69 Å². The number of likely N-dealkylation sites (N-methyl/N-ethyl adjacent to an activating group) is 1. The Morgan fingerprint density at radius 2 is 1.48 bits per heavy atom. The van der Waals surface area contributed by atoms with Gasteiger partial charge in [-0.1, -0.05) is 57.2 Å². The van der Waals surface area contributed by atoms with Crippen LogP contribution in [0.2, 0.25) is 0 Å². The number of ketones is 1. The van der Waals surface area contributed by atoms with Crippen molar-refractivity contribution in [3.05, 3.63) is 65.2 Å². The van der Waals surface area contributed by atoms with Crippen molar-refractivity contribution in [1.29, 1.82) is 0 Å². The molecule has 0 radical (unpaired) electrons. The van der Waals surface area contributed by atoms with Crippen molar-refractivity contribution in [2.24, 2.45) is 0 Å². The van der Waals surface area contributed by atoms with Gasteiger partial charge in [0, 0.05) is 44.0 Å². The fourth-order valence-electron chi connectivity index (χ4n) is 3.40. The van der Waals surface area contributed by atoms with Gasteiger partial charge in [-0.2, -0.15) is 0 Å². The van der Waals surface area contributed by atoms with E-state index in [0.717, 1.165) is 38.3 Å². The summed E-state index contributed by atoms with van der Waals surface area (Å²) in [5, 5.41) is 2.71. The first-order valence-electron chi connectivity index (χ1n) is 10.2. The van der Waals surface area contributed by atoms with Gasteiger partial charge in [-0.25, -0.2) is 0 Å². The maximum absolute atomic E-state index is 12.4. The molecule has 1 aliphatic heterocycles. The summed E-state index contributed by atoms with van der Waals surface area (Å²) in [6.45, 7) is 11.6. The molecule has 0 atom stereocenters. The van der Waals surface area contributed by atoms with E-state index in [4.69, 9.17) is 0 Å². The summed E-state index contributed by atoms with van der Waals surface area (Å²) in [6.07, 6.45) is 0.